The zero-order valence-electron chi connectivity index (χ0n) is 18.4. The van der Waals surface area contributed by atoms with Crippen molar-refractivity contribution < 1.29 is 52.3 Å². The van der Waals surface area contributed by atoms with Crippen LogP contribution < -0.4 is 9.47 Å². The molecule has 1 aromatic rings. The number of hydrogen-bond donors (Lipinski definition) is 0. The Morgan fingerprint density at radius 3 is 1.84 bits per heavy atom. The van der Waals surface area contributed by atoms with Gasteiger partial charge >= 0.3 is 23.9 Å². The summed E-state index contributed by atoms with van der Waals surface area (Å²) in [6.07, 6.45) is -6.31. The first kappa shape index (κ1) is 24.9. The molecule has 176 valence electrons. The van der Waals surface area contributed by atoms with E-state index in [2.05, 4.69) is 0 Å². The lowest BCUT2D eigenvalue weighted by atomic mass is 9.98. The molecule has 1 aromatic carbocycles. The predicted molar refractivity (Wildman–Crippen MR) is 106 cm³/mol. The second kappa shape index (κ2) is 11.3. The van der Waals surface area contributed by atoms with Crippen LogP contribution in [-0.4, -0.2) is 68.3 Å². The molecule has 1 saturated heterocycles. The molecule has 0 spiro atoms. The summed E-state index contributed by atoms with van der Waals surface area (Å²) in [4.78, 5) is 46.7. The van der Waals surface area contributed by atoms with E-state index < -0.39 is 54.6 Å². The van der Waals surface area contributed by atoms with Crippen molar-refractivity contribution in [2.45, 2.75) is 58.4 Å². The smallest absolute Gasteiger partial charge is 0.303 e. The van der Waals surface area contributed by atoms with Crippen LogP contribution in [0.25, 0.3) is 0 Å². The minimum atomic E-state index is -1.33. The summed E-state index contributed by atoms with van der Waals surface area (Å²) in [7, 11) is 1.44. The van der Waals surface area contributed by atoms with Crippen LogP contribution in [0.5, 0.6) is 11.5 Å². The van der Waals surface area contributed by atoms with Crippen LogP contribution in [0, 0.1) is 0 Å². The molecule has 1 aliphatic heterocycles. The van der Waals surface area contributed by atoms with Gasteiger partial charge in [-0.05, 0) is 12.1 Å². The summed E-state index contributed by atoms with van der Waals surface area (Å²) >= 11 is 0. The molecule has 0 aromatic heterocycles. The second-order valence-corrected chi connectivity index (χ2v) is 6.84. The molecular weight excluding hydrogens is 428 g/mol. The van der Waals surface area contributed by atoms with Gasteiger partial charge < -0.3 is 33.2 Å². The third-order valence-electron chi connectivity index (χ3n) is 4.26. The van der Waals surface area contributed by atoms with Crippen molar-refractivity contribution in [3.05, 3.63) is 24.3 Å². The Kier molecular flexibility index (Phi) is 8.82. The van der Waals surface area contributed by atoms with Crippen molar-refractivity contribution in [2.24, 2.45) is 0 Å². The summed E-state index contributed by atoms with van der Waals surface area (Å²) < 4.78 is 38.1. The van der Waals surface area contributed by atoms with Gasteiger partial charge in [-0.2, -0.15) is 0 Å². The van der Waals surface area contributed by atoms with Crippen molar-refractivity contribution in [1.82, 2.24) is 0 Å². The maximum atomic E-state index is 11.8. The lowest BCUT2D eigenvalue weighted by Crippen LogP contribution is -2.63. The fraction of sp³-hybridized carbons (Fsp3) is 0.524. The van der Waals surface area contributed by atoms with Gasteiger partial charge in [0.2, 0.25) is 12.4 Å². The van der Waals surface area contributed by atoms with Crippen LogP contribution in [0.4, 0.5) is 0 Å². The molecular formula is C21H26O11. The molecule has 2 rings (SSSR count). The molecule has 1 fully saturated rings. The molecule has 0 amide bonds. The SMILES string of the molecule is COc1ccccc1O[C@@H]1O[C@H](COC(C)=O)[C@H](OC(C)=O)[C@H](OC(C)=O)[C@H]1OC(C)=O. The number of benzene rings is 1. The van der Waals surface area contributed by atoms with Crippen molar-refractivity contribution in [3.8, 4) is 11.5 Å². The van der Waals surface area contributed by atoms with E-state index in [1.165, 1.54) is 14.0 Å². The molecule has 11 nitrogen and oxygen atoms in total. The van der Waals surface area contributed by atoms with E-state index in [4.69, 9.17) is 33.2 Å². The fourth-order valence-corrected chi connectivity index (χ4v) is 3.12. The van der Waals surface area contributed by atoms with Gasteiger partial charge in [0.1, 0.15) is 12.7 Å². The van der Waals surface area contributed by atoms with Gasteiger partial charge in [0, 0.05) is 27.7 Å². The lowest BCUT2D eigenvalue weighted by molar-refractivity contribution is -0.288. The highest BCUT2D eigenvalue weighted by Crippen LogP contribution is 2.34. The van der Waals surface area contributed by atoms with Gasteiger partial charge in [0.15, 0.2) is 23.7 Å². The number of para-hydroxylation sites is 2. The molecule has 0 bridgehead atoms. The van der Waals surface area contributed by atoms with E-state index in [0.29, 0.717) is 5.75 Å². The standard InChI is InChI=1S/C21H26O11/c1-11(22)27-10-17-18(28-12(2)23)19(29-13(3)24)20(30-14(4)25)21(32-17)31-16-9-7-6-8-15(16)26-5/h6-9,17-21H,10H2,1-5H3/t17-,18+,19+,20-,21-/m1/s1. The molecule has 5 atom stereocenters. The van der Waals surface area contributed by atoms with Crippen LogP contribution >= 0.6 is 0 Å². The zero-order valence-corrected chi connectivity index (χ0v) is 18.4. The van der Waals surface area contributed by atoms with E-state index >= 15 is 0 Å². The second-order valence-electron chi connectivity index (χ2n) is 6.84. The van der Waals surface area contributed by atoms with E-state index in [-0.39, 0.29) is 12.4 Å². The van der Waals surface area contributed by atoms with E-state index in [1.807, 2.05) is 0 Å². The molecule has 32 heavy (non-hydrogen) atoms. The monoisotopic (exact) mass is 454 g/mol. The largest absolute Gasteiger partial charge is 0.493 e. The molecule has 0 saturated carbocycles. The average Bonchev–Trinajstić information content (AvgIpc) is 2.70. The van der Waals surface area contributed by atoms with Gasteiger partial charge in [0.25, 0.3) is 0 Å². The Morgan fingerprint density at radius 1 is 0.781 bits per heavy atom. The van der Waals surface area contributed by atoms with E-state index in [9.17, 15) is 19.2 Å². The molecule has 11 heteroatoms. The Balaban J connectivity index is 2.48. The van der Waals surface area contributed by atoms with Crippen LogP contribution in [0.15, 0.2) is 24.3 Å². The third-order valence-corrected chi connectivity index (χ3v) is 4.26. The highest BCUT2D eigenvalue weighted by Gasteiger charge is 2.53. The van der Waals surface area contributed by atoms with Gasteiger partial charge in [-0.15, -0.1) is 0 Å². The van der Waals surface area contributed by atoms with Crippen molar-refractivity contribution in [3.63, 3.8) is 0 Å². The number of esters is 4. The first-order chi connectivity index (χ1) is 15.1. The Bertz CT molecular complexity index is 837. The Morgan fingerprint density at radius 2 is 1.31 bits per heavy atom. The average molecular weight is 454 g/mol. The molecule has 1 heterocycles. The van der Waals surface area contributed by atoms with Crippen LogP contribution in [0.1, 0.15) is 27.7 Å². The number of carbonyl (C=O) groups excluding carboxylic acids is 4. The predicted octanol–water partition coefficient (Wildman–Crippen LogP) is 1.16. The Labute approximate surface area is 184 Å². The zero-order chi connectivity index (χ0) is 23.8. The highest BCUT2D eigenvalue weighted by molar-refractivity contribution is 5.68. The maximum absolute atomic E-state index is 11.8. The quantitative estimate of drug-likeness (QED) is 0.414. The number of hydrogen-bond acceptors (Lipinski definition) is 11. The summed E-state index contributed by atoms with van der Waals surface area (Å²) in [5.41, 5.74) is 0. The summed E-state index contributed by atoms with van der Waals surface area (Å²) in [6.45, 7) is 4.28. The topological polar surface area (TPSA) is 133 Å². The fourth-order valence-electron chi connectivity index (χ4n) is 3.12. The van der Waals surface area contributed by atoms with Crippen molar-refractivity contribution in [1.29, 1.82) is 0 Å². The molecule has 0 aliphatic carbocycles. The van der Waals surface area contributed by atoms with Crippen LogP contribution in [0.2, 0.25) is 0 Å². The molecule has 1 aliphatic rings. The van der Waals surface area contributed by atoms with Gasteiger partial charge in [-0.3, -0.25) is 19.2 Å². The number of methoxy groups -OCH3 is 1. The van der Waals surface area contributed by atoms with E-state index in [0.717, 1.165) is 20.8 Å². The van der Waals surface area contributed by atoms with E-state index in [1.54, 1.807) is 24.3 Å². The first-order valence-corrected chi connectivity index (χ1v) is 9.72. The van der Waals surface area contributed by atoms with Gasteiger partial charge in [-0.25, -0.2) is 0 Å². The number of ether oxygens (including phenoxy) is 7. The molecule has 0 N–H and O–H groups in total. The maximum Gasteiger partial charge on any atom is 0.303 e. The third kappa shape index (κ3) is 6.84. The normalized spacial score (nSPS) is 24.6. The summed E-state index contributed by atoms with van der Waals surface area (Å²) in [5.74, 6) is -2.16. The highest BCUT2D eigenvalue weighted by atomic mass is 16.7. The molecule has 0 radical (unpaired) electrons. The minimum Gasteiger partial charge on any atom is -0.493 e. The van der Waals surface area contributed by atoms with Crippen molar-refractivity contribution in [2.75, 3.05) is 13.7 Å². The number of rotatable bonds is 8. The number of carbonyl (C=O) groups is 4. The van der Waals surface area contributed by atoms with Crippen LogP contribution in [0.3, 0.4) is 0 Å². The molecule has 0 unspecified atom stereocenters. The Hall–Kier alpha value is -3.34. The van der Waals surface area contributed by atoms with Gasteiger partial charge in [0.05, 0.1) is 7.11 Å². The first-order valence-electron chi connectivity index (χ1n) is 9.72. The van der Waals surface area contributed by atoms with Crippen molar-refractivity contribution >= 4 is 23.9 Å². The van der Waals surface area contributed by atoms with Crippen LogP contribution in [-0.2, 0) is 42.9 Å². The lowest BCUT2D eigenvalue weighted by Gasteiger charge is -2.43. The van der Waals surface area contributed by atoms with Gasteiger partial charge in [-0.1, -0.05) is 12.1 Å². The summed E-state index contributed by atoms with van der Waals surface area (Å²) in [6, 6.07) is 6.63. The summed E-state index contributed by atoms with van der Waals surface area (Å²) in [5, 5.41) is 0. The minimum absolute atomic E-state index is 0.246.